The summed E-state index contributed by atoms with van der Waals surface area (Å²) in [6.07, 6.45) is 1.30. The number of carbonyl (C=O) groups excluding carboxylic acids is 1. The van der Waals surface area contributed by atoms with Crippen LogP contribution in [0.4, 0.5) is 0 Å². The molecule has 0 aromatic carbocycles. The monoisotopic (exact) mass is 208 g/mol. The second kappa shape index (κ2) is 4.57. The zero-order chi connectivity index (χ0) is 10.6. The first kappa shape index (κ1) is 12.4. The minimum absolute atomic E-state index is 0.0479. The van der Waals surface area contributed by atoms with Gasteiger partial charge < -0.3 is 10.6 Å². The largest absolute Gasteiger partial charge is 0.347 e. The summed E-state index contributed by atoms with van der Waals surface area (Å²) in [5.41, 5.74) is 5.47. The third-order valence-corrected chi connectivity index (χ3v) is 2.53. The van der Waals surface area contributed by atoms with E-state index in [0.29, 0.717) is 0 Å². The number of rotatable bonds is 4. The molecule has 0 fully saturated rings. The Morgan fingerprint density at radius 3 is 2.23 bits per heavy atom. The lowest BCUT2D eigenvalue weighted by Gasteiger charge is -2.15. The van der Waals surface area contributed by atoms with Gasteiger partial charge in [0.15, 0.2) is 0 Å². The smallest absolute Gasteiger partial charge is 0.238 e. The zero-order valence-electron chi connectivity index (χ0n) is 8.15. The minimum Gasteiger partial charge on any atom is -0.347 e. The summed E-state index contributed by atoms with van der Waals surface area (Å²) < 4.78 is 21.5. The Balaban J connectivity index is 4.03. The van der Waals surface area contributed by atoms with Crippen molar-refractivity contribution in [3.8, 4) is 0 Å². The molecule has 5 nitrogen and oxygen atoms in total. The molecule has 2 N–H and O–H groups in total. The van der Waals surface area contributed by atoms with Gasteiger partial charge in [-0.2, -0.15) is 0 Å². The van der Waals surface area contributed by atoms with Crippen molar-refractivity contribution < 1.29 is 13.2 Å². The molecule has 0 bridgehead atoms. The fourth-order valence-corrected chi connectivity index (χ4v) is 1.48. The van der Waals surface area contributed by atoms with E-state index in [1.807, 2.05) is 0 Å². The van der Waals surface area contributed by atoms with Gasteiger partial charge in [0.1, 0.15) is 9.84 Å². The summed E-state index contributed by atoms with van der Waals surface area (Å²) >= 11 is 0. The molecule has 0 aliphatic heterocycles. The molecule has 0 heterocycles. The molecule has 0 saturated carbocycles. The molecular weight excluding hydrogens is 192 g/mol. The van der Waals surface area contributed by atoms with Crippen LogP contribution in [0.25, 0.3) is 0 Å². The number of nitrogens with zero attached hydrogens (tertiary/aromatic N) is 1. The van der Waals surface area contributed by atoms with E-state index in [-0.39, 0.29) is 18.1 Å². The summed E-state index contributed by atoms with van der Waals surface area (Å²) in [7, 11) is 0.143. The van der Waals surface area contributed by atoms with E-state index in [1.54, 1.807) is 14.1 Å². The normalized spacial score (nSPS) is 13.8. The van der Waals surface area contributed by atoms with Crippen molar-refractivity contribution in [1.82, 2.24) is 4.90 Å². The predicted octanol–water partition coefficient (Wildman–Crippen LogP) is -1.16. The molecule has 0 aliphatic rings. The van der Waals surface area contributed by atoms with Gasteiger partial charge in [-0.1, -0.05) is 0 Å². The molecule has 0 unspecified atom stereocenters. The van der Waals surface area contributed by atoms with Gasteiger partial charge in [0.05, 0.1) is 11.8 Å². The number of likely N-dealkylation sites (N-methyl/N-ethyl adjacent to an activating group) is 1. The van der Waals surface area contributed by atoms with Crippen molar-refractivity contribution in [2.75, 3.05) is 26.1 Å². The average molecular weight is 208 g/mol. The van der Waals surface area contributed by atoms with Gasteiger partial charge in [0.2, 0.25) is 5.91 Å². The highest BCUT2D eigenvalue weighted by Crippen LogP contribution is 1.96. The van der Waals surface area contributed by atoms with E-state index in [2.05, 4.69) is 0 Å². The fourth-order valence-electron chi connectivity index (χ4n) is 0.796. The van der Waals surface area contributed by atoms with E-state index in [1.165, 1.54) is 4.90 Å². The van der Waals surface area contributed by atoms with Crippen LogP contribution in [0.1, 0.15) is 6.42 Å². The molecule has 0 rings (SSSR count). The Morgan fingerprint density at radius 1 is 1.46 bits per heavy atom. The van der Waals surface area contributed by atoms with Crippen molar-refractivity contribution in [2.45, 2.75) is 12.5 Å². The SMILES string of the molecule is CN(C)C(=O)[C@@H](N)CCS(C)(=O)=O. The molecule has 6 heteroatoms. The van der Waals surface area contributed by atoms with Crippen LogP contribution < -0.4 is 5.73 Å². The van der Waals surface area contributed by atoms with Crippen molar-refractivity contribution in [3.05, 3.63) is 0 Å². The number of nitrogens with two attached hydrogens (primary N) is 1. The standard InChI is InChI=1S/C7H16N2O3S/c1-9(2)7(10)6(8)4-5-13(3,11)12/h6H,4-5,8H2,1-3H3/t6-/m0/s1. The van der Waals surface area contributed by atoms with Crippen molar-refractivity contribution in [3.63, 3.8) is 0 Å². The molecule has 0 spiro atoms. The molecular formula is C7H16N2O3S. The highest BCUT2D eigenvalue weighted by Gasteiger charge is 2.16. The van der Waals surface area contributed by atoms with E-state index in [9.17, 15) is 13.2 Å². The van der Waals surface area contributed by atoms with Gasteiger partial charge in [-0.15, -0.1) is 0 Å². The van der Waals surface area contributed by atoms with Crippen LogP contribution in [0.5, 0.6) is 0 Å². The van der Waals surface area contributed by atoms with Gasteiger partial charge in [-0.3, -0.25) is 4.79 Å². The second-order valence-corrected chi connectivity index (χ2v) is 5.52. The topological polar surface area (TPSA) is 80.5 Å². The van der Waals surface area contributed by atoms with Crippen molar-refractivity contribution >= 4 is 15.7 Å². The van der Waals surface area contributed by atoms with Crippen LogP contribution in [0.15, 0.2) is 0 Å². The van der Waals surface area contributed by atoms with Crippen LogP contribution in [-0.2, 0) is 14.6 Å². The molecule has 0 aliphatic carbocycles. The maximum absolute atomic E-state index is 11.2. The molecule has 0 radical (unpaired) electrons. The van der Waals surface area contributed by atoms with Gasteiger partial charge in [-0.25, -0.2) is 8.42 Å². The molecule has 0 aromatic heterocycles. The lowest BCUT2D eigenvalue weighted by molar-refractivity contribution is -0.130. The van der Waals surface area contributed by atoms with Crippen LogP contribution in [0.3, 0.4) is 0 Å². The minimum atomic E-state index is -3.03. The highest BCUT2D eigenvalue weighted by molar-refractivity contribution is 7.90. The lowest BCUT2D eigenvalue weighted by atomic mass is 10.2. The average Bonchev–Trinajstić information content (AvgIpc) is 1.97. The Bertz CT molecular complexity index is 271. The summed E-state index contributed by atoms with van der Waals surface area (Å²) in [6, 6.07) is -0.718. The predicted molar refractivity (Wildman–Crippen MR) is 51.0 cm³/mol. The summed E-state index contributed by atoms with van der Waals surface area (Å²) in [4.78, 5) is 12.5. The molecule has 0 aromatic rings. The van der Waals surface area contributed by atoms with Gasteiger partial charge in [-0.05, 0) is 6.42 Å². The van der Waals surface area contributed by atoms with Gasteiger partial charge in [0.25, 0.3) is 0 Å². The summed E-state index contributed by atoms with van der Waals surface area (Å²) in [5.74, 6) is -0.294. The third-order valence-electron chi connectivity index (χ3n) is 1.56. The first-order valence-corrected chi connectivity index (χ1v) is 5.94. The van der Waals surface area contributed by atoms with Crippen molar-refractivity contribution in [2.24, 2.45) is 5.73 Å². The molecule has 1 atom stereocenters. The fraction of sp³-hybridized carbons (Fsp3) is 0.857. The molecule has 78 valence electrons. The number of sulfone groups is 1. The number of hydrogen-bond donors (Lipinski definition) is 1. The van der Waals surface area contributed by atoms with Crippen molar-refractivity contribution in [1.29, 1.82) is 0 Å². The number of carbonyl (C=O) groups is 1. The second-order valence-electron chi connectivity index (χ2n) is 3.26. The third kappa shape index (κ3) is 5.59. The van der Waals surface area contributed by atoms with E-state index < -0.39 is 15.9 Å². The molecule has 0 saturated heterocycles. The first-order valence-electron chi connectivity index (χ1n) is 3.88. The quantitative estimate of drug-likeness (QED) is 0.631. The number of amides is 1. The summed E-state index contributed by atoms with van der Waals surface area (Å²) in [5, 5.41) is 0. The van der Waals surface area contributed by atoms with Gasteiger partial charge >= 0.3 is 0 Å². The van der Waals surface area contributed by atoms with Gasteiger partial charge in [0, 0.05) is 20.4 Å². The Kier molecular flexibility index (Phi) is 4.35. The first-order chi connectivity index (χ1) is 5.74. The Labute approximate surface area is 78.8 Å². The van der Waals surface area contributed by atoms with Crippen LogP contribution in [0.2, 0.25) is 0 Å². The number of hydrogen-bond acceptors (Lipinski definition) is 4. The zero-order valence-corrected chi connectivity index (χ0v) is 8.97. The maximum Gasteiger partial charge on any atom is 0.238 e. The molecule has 1 amide bonds. The maximum atomic E-state index is 11.2. The molecule has 13 heavy (non-hydrogen) atoms. The van der Waals surface area contributed by atoms with E-state index in [0.717, 1.165) is 6.26 Å². The lowest BCUT2D eigenvalue weighted by Crippen LogP contribution is -2.40. The Morgan fingerprint density at radius 2 is 1.92 bits per heavy atom. The van der Waals surface area contributed by atoms with Crippen LogP contribution in [-0.4, -0.2) is 51.4 Å². The van der Waals surface area contributed by atoms with Crippen LogP contribution in [0, 0.1) is 0 Å². The Hall–Kier alpha value is -0.620. The van der Waals surface area contributed by atoms with Crippen LogP contribution >= 0.6 is 0 Å². The summed E-state index contributed by atoms with van der Waals surface area (Å²) in [6.45, 7) is 0. The van der Waals surface area contributed by atoms with E-state index >= 15 is 0 Å². The highest BCUT2D eigenvalue weighted by atomic mass is 32.2. The van der Waals surface area contributed by atoms with E-state index in [4.69, 9.17) is 5.73 Å².